The van der Waals surface area contributed by atoms with Crippen molar-refractivity contribution in [3.63, 3.8) is 0 Å². The van der Waals surface area contributed by atoms with E-state index in [4.69, 9.17) is 23.8 Å². The fourth-order valence-electron chi connectivity index (χ4n) is 1.72. The second kappa shape index (κ2) is 7.34. The summed E-state index contributed by atoms with van der Waals surface area (Å²) in [6.07, 6.45) is 1.72. The first-order valence-electron chi connectivity index (χ1n) is 6.37. The monoisotopic (exact) mass is 445 g/mol. The number of aryl methyl sites for hydroxylation is 2. The Morgan fingerprint density at radius 2 is 2.00 bits per heavy atom. The number of thiocarbonyl (C=S) groups is 1. The summed E-state index contributed by atoms with van der Waals surface area (Å²) in [4.78, 5) is 16.4. The lowest BCUT2D eigenvalue weighted by molar-refractivity contribution is 0.0977. The third kappa shape index (κ3) is 4.37. The van der Waals surface area contributed by atoms with Gasteiger partial charge in [-0.2, -0.15) is 0 Å². The Kier molecular flexibility index (Phi) is 5.71. The number of pyridine rings is 1. The Labute approximate surface area is 152 Å². The van der Waals surface area contributed by atoms with Gasteiger partial charge in [0.25, 0.3) is 5.91 Å². The molecule has 0 bridgehead atoms. The molecule has 0 aliphatic carbocycles. The molecule has 0 saturated carbocycles. The second-order valence-electron chi connectivity index (χ2n) is 4.69. The molecule has 0 atom stereocenters. The van der Waals surface area contributed by atoms with E-state index in [0.29, 0.717) is 16.4 Å². The Morgan fingerprint density at radius 3 is 2.64 bits per heavy atom. The highest BCUT2D eigenvalue weighted by Crippen LogP contribution is 2.17. The molecule has 0 saturated heterocycles. The number of nitrogens with one attached hydrogen (secondary N) is 2. The molecule has 0 radical (unpaired) electrons. The minimum Gasteiger partial charge on any atom is -0.317 e. The van der Waals surface area contributed by atoms with Gasteiger partial charge in [-0.05, 0) is 78.0 Å². The molecule has 0 spiro atoms. The van der Waals surface area contributed by atoms with Crippen LogP contribution in [-0.2, 0) is 0 Å². The summed E-state index contributed by atoms with van der Waals surface area (Å²) in [5.74, 6) is 0.301. The van der Waals surface area contributed by atoms with Crippen molar-refractivity contribution in [3.05, 3.63) is 55.7 Å². The van der Waals surface area contributed by atoms with E-state index in [1.54, 1.807) is 24.4 Å². The third-order valence-corrected chi connectivity index (χ3v) is 4.14. The van der Waals surface area contributed by atoms with Gasteiger partial charge in [-0.3, -0.25) is 10.1 Å². The molecule has 22 heavy (non-hydrogen) atoms. The summed E-state index contributed by atoms with van der Waals surface area (Å²) in [7, 11) is 0. The summed E-state index contributed by atoms with van der Waals surface area (Å²) in [5.41, 5.74) is 2.31. The number of halogens is 2. The fourth-order valence-corrected chi connectivity index (χ4v) is 2.70. The van der Waals surface area contributed by atoms with E-state index >= 15 is 0 Å². The van der Waals surface area contributed by atoms with Crippen LogP contribution in [0.1, 0.15) is 21.5 Å². The van der Waals surface area contributed by atoms with Gasteiger partial charge in [0.15, 0.2) is 5.11 Å². The molecule has 0 fully saturated rings. The first kappa shape index (κ1) is 17.1. The van der Waals surface area contributed by atoms with Crippen LogP contribution in [0.4, 0.5) is 5.82 Å². The largest absolute Gasteiger partial charge is 0.317 e. The molecule has 0 aliphatic rings. The van der Waals surface area contributed by atoms with Crippen LogP contribution in [0.15, 0.2) is 30.5 Å². The van der Waals surface area contributed by atoms with Crippen LogP contribution in [-0.4, -0.2) is 16.0 Å². The van der Waals surface area contributed by atoms with Gasteiger partial charge in [0.2, 0.25) is 0 Å². The zero-order valence-corrected chi connectivity index (χ0v) is 15.6. The number of hydrogen-bond acceptors (Lipinski definition) is 3. The number of carbonyl (C=O) groups is 1. The maximum absolute atomic E-state index is 12.1. The van der Waals surface area contributed by atoms with Gasteiger partial charge in [-0.25, -0.2) is 4.98 Å². The van der Waals surface area contributed by atoms with E-state index in [1.165, 1.54) is 0 Å². The van der Waals surface area contributed by atoms with Crippen molar-refractivity contribution in [3.8, 4) is 0 Å². The van der Waals surface area contributed by atoms with Gasteiger partial charge in [0, 0.05) is 20.4 Å². The van der Waals surface area contributed by atoms with Crippen molar-refractivity contribution in [2.24, 2.45) is 0 Å². The van der Waals surface area contributed by atoms with Gasteiger partial charge in [0.05, 0.1) is 0 Å². The van der Waals surface area contributed by atoms with E-state index < -0.39 is 0 Å². The van der Waals surface area contributed by atoms with Crippen LogP contribution in [0.5, 0.6) is 0 Å². The Balaban J connectivity index is 2.05. The highest BCUT2D eigenvalue weighted by atomic mass is 127. The number of benzene rings is 1. The molecule has 4 nitrogen and oxygen atoms in total. The number of carbonyl (C=O) groups excluding carboxylic acids is 1. The fraction of sp³-hybridized carbons (Fsp3) is 0.133. The summed E-state index contributed by atoms with van der Waals surface area (Å²) >= 11 is 13.3. The molecule has 0 aliphatic heterocycles. The van der Waals surface area contributed by atoms with E-state index in [1.807, 2.05) is 19.9 Å². The molecule has 2 rings (SSSR count). The Bertz CT molecular complexity index is 752. The molecule has 1 heterocycles. The number of rotatable bonds is 2. The maximum atomic E-state index is 12.1. The summed E-state index contributed by atoms with van der Waals surface area (Å²) in [6, 6.07) is 7.08. The van der Waals surface area contributed by atoms with Gasteiger partial charge in [-0.15, -0.1) is 0 Å². The molecule has 0 unspecified atom stereocenters. The number of aromatic nitrogens is 1. The standard InChI is InChI=1S/C15H13ClIN3OS/c1-8-3-4-10(6-12(8)16)14(21)20-15(22)19-13-9(2)5-11(17)7-18-13/h3-7H,1-2H3,(H2,18,19,20,21,22). The first-order valence-corrected chi connectivity index (χ1v) is 8.24. The Hall–Kier alpha value is -1.25. The topological polar surface area (TPSA) is 54.0 Å². The molecule has 1 aromatic heterocycles. The molecule has 7 heteroatoms. The summed E-state index contributed by atoms with van der Waals surface area (Å²) in [5, 5.41) is 6.27. The van der Waals surface area contributed by atoms with Crippen LogP contribution in [0.25, 0.3) is 0 Å². The van der Waals surface area contributed by atoms with E-state index in [9.17, 15) is 4.79 Å². The van der Waals surface area contributed by atoms with Crippen molar-refractivity contribution in [1.82, 2.24) is 10.3 Å². The van der Waals surface area contributed by atoms with Crippen LogP contribution < -0.4 is 10.6 Å². The third-order valence-electron chi connectivity index (χ3n) is 2.94. The van der Waals surface area contributed by atoms with Gasteiger partial charge in [0.1, 0.15) is 5.82 Å². The molecule has 1 aromatic carbocycles. The quantitative estimate of drug-likeness (QED) is 0.540. The Morgan fingerprint density at radius 1 is 1.27 bits per heavy atom. The average Bonchev–Trinajstić information content (AvgIpc) is 2.45. The molecule has 1 amide bonds. The lowest BCUT2D eigenvalue weighted by Crippen LogP contribution is -2.34. The van der Waals surface area contributed by atoms with E-state index in [-0.39, 0.29) is 11.0 Å². The van der Waals surface area contributed by atoms with Gasteiger partial charge < -0.3 is 5.32 Å². The van der Waals surface area contributed by atoms with Gasteiger partial charge >= 0.3 is 0 Å². The maximum Gasteiger partial charge on any atom is 0.257 e. The number of amides is 1. The SMILES string of the molecule is Cc1ccc(C(=O)NC(=S)Nc2ncc(I)cc2C)cc1Cl. The van der Waals surface area contributed by atoms with Crippen molar-refractivity contribution in [2.45, 2.75) is 13.8 Å². The predicted octanol–water partition coefficient (Wildman–Crippen LogP) is 4.08. The first-order chi connectivity index (χ1) is 10.4. The molecular weight excluding hydrogens is 433 g/mol. The predicted molar refractivity (Wildman–Crippen MR) is 102 cm³/mol. The molecular formula is C15H13ClIN3OS. The zero-order chi connectivity index (χ0) is 16.3. The number of anilines is 1. The number of hydrogen-bond donors (Lipinski definition) is 2. The van der Waals surface area contributed by atoms with Crippen LogP contribution in [0, 0.1) is 17.4 Å². The van der Waals surface area contributed by atoms with Crippen LogP contribution >= 0.6 is 46.4 Å². The van der Waals surface area contributed by atoms with Crippen molar-refractivity contribution in [1.29, 1.82) is 0 Å². The minimum atomic E-state index is -0.317. The smallest absolute Gasteiger partial charge is 0.257 e. The van der Waals surface area contributed by atoms with Crippen molar-refractivity contribution in [2.75, 3.05) is 5.32 Å². The molecule has 114 valence electrons. The van der Waals surface area contributed by atoms with E-state index in [2.05, 4.69) is 38.2 Å². The van der Waals surface area contributed by atoms with Crippen LogP contribution in [0.3, 0.4) is 0 Å². The second-order valence-corrected chi connectivity index (χ2v) is 6.75. The minimum absolute atomic E-state index is 0.193. The highest BCUT2D eigenvalue weighted by molar-refractivity contribution is 14.1. The molecule has 2 N–H and O–H groups in total. The van der Waals surface area contributed by atoms with Gasteiger partial charge in [-0.1, -0.05) is 17.7 Å². The van der Waals surface area contributed by atoms with E-state index in [0.717, 1.165) is 14.7 Å². The lowest BCUT2D eigenvalue weighted by Gasteiger charge is -2.11. The van der Waals surface area contributed by atoms with Crippen molar-refractivity contribution >= 4 is 63.2 Å². The number of nitrogens with zero attached hydrogens (tertiary/aromatic N) is 1. The normalized spacial score (nSPS) is 10.2. The average molecular weight is 446 g/mol. The van der Waals surface area contributed by atoms with Crippen LogP contribution in [0.2, 0.25) is 5.02 Å². The summed E-state index contributed by atoms with van der Waals surface area (Å²) in [6.45, 7) is 3.79. The summed E-state index contributed by atoms with van der Waals surface area (Å²) < 4.78 is 1.03. The highest BCUT2D eigenvalue weighted by Gasteiger charge is 2.10. The zero-order valence-electron chi connectivity index (χ0n) is 11.9. The molecule has 2 aromatic rings. The lowest BCUT2D eigenvalue weighted by atomic mass is 10.1. The van der Waals surface area contributed by atoms with Crippen molar-refractivity contribution < 1.29 is 4.79 Å².